The van der Waals surface area contributed by atoms with Crippen LogP contribution in [0.15, 0.2) is 11.7 Å². The summed E-state index contributed by atoms with van der Waals surface area (Å²) in [6.07, 6.45) is 1.39. The Hall–Kier alpha value is -1.40. The molecule has 0 amide bonds. The predicted molar refractivity (Wildman–Crippen MR) is 67.8 cm³/mol. The summed E-state index contributed by atoms with van der Waals surface area (Å²) >= 11 is 7.48. The van der Waals surface area contributed by atoms with Crippen molar-refractivity contribution >= 4 is 28.8 Å². The van der Waals surface area contributed by atoms with Gasteiger partial charge in [-0.2, -0.15) is 0 Å². The number of hydrogen-bond donors (Lipinski definition) is 1. The first-order chi connectivity index (χ1) is 8.20. The summed E-state index contributed by atoms with van der Waals surface area (Å²) < 4.78 is 5.13. The van der Waals surface area contributed by atoms with E-state index in [1.165, 1.54) is 13.4 Å². The number of methoxy groups -OCH3 is 1. The third kappa shape index (κ3) is 2.83. The lowest BCUT2D eigenvalue weighted by Gasteiger charge is -2.08. The van der Waals surface area contributed by atoms with Crippen molar-refractivity contribution in [3.8, 4) is 5.75 Å². The van der Waals surface area contributed by atoms with E-state index in [1.807, 2.05) is 12.3 Å². The number of hydrogen-bond acceptors (Lipinski definition) is 6. The van der Waals surface area contributed by atoms with E-state index in [0.717, 1.165) is 10.7 Å². The second kappa shape index (κ2) is 5.29. The molecule has 0 aliphatic rings. The minimum atomic E-state index is 0.292. The zero-order valence-electron chi connectivity index (χ0n) is 9.40. The van der Waals surface area contributed by atoms with Crippen LogP contribution in [0.5, 0.6) is 5.75 Å². The second-order valence-corrected chi connectivity index (χ2v) is 4.58. The van der Waals surface area contributed by atoms with Gasteiger partial charge in [-0.15, -0.1) is 11.3 Å². The van der Waals surface area contributed by atoms with Crippen molar-refractivity contribution in [2.24, 2.45) is 0 Å². The van der Waals surface area contributed by atoms with Gasteiger partial charge in [-0.05, 0) is 6.92 Å². The Morgan fingerprint density at radius 1 is 1.47 bits per heavy atom. The Balaban J connectivity index is 2.11. The first-order valence-corrected chi connectivity index (χ1v) is 6.16. The maximum atomic E-state index is 5.89. The number of aryl methyl sites for hydroxylation is 1. The number of nitrogens with one attached hydrogen (secondary N) is 1. The van der Waals surface area contributed by atoms with Gasteiger partial charge in [0.2, 0.25) is 0 Å². The maximum absolute atomic E-state index is 5.89. The first kappa shape index (κ1) is 12.1. The number of rotatable bonds is 4. The van der Waals surface area contributed by atoms with Crippen LogP contribution in [0.4, 0.5) is 5.82 Å². The van der Waals surface area contributed by atoms with Crippen molar-refractivity contribution in [1.82, 2.24) is 15.0 Å². The lowest BCUT2D eigenvalue weighted by Crippen LogP contribution is -2.04. The van der Waals surface area contributed by atoms with Crippen LogP contribution in [-0.2, 0) is 6.54 Å². The lowest BCUT2D eigenvalue weighted by atomic mass is 10.5. The summed E-state index contributed by atoms with van der Waals surface area (Å²) in [5.74, 6) is 1.02. The van der Waals surface area contributed by atoms with E-state index < -0.39 is 0 Å². The van der Waals surface area contributed by atoms with Gasteiger partial charge in [-0.25, -0.2) is 15.0 Å². The van der Waals surface area contributed by atoms with Crippen LogP contribution in [0.25, 0.3) is 0 Å². The van der Waals surface area contributed by atoms with Crippen molar-refractivity contribution in [1.29, 1.82) is 0 Å². The van der Waals surface area contributed by atoms with E-state index in [2.05, 4.69) is 20.3 Å². The summed E-state index contributed by atoms with van der Waals surface area (Å²) in [6, 6.07) is 0. The number of anilines is 1. The smallest absolute Gasteiger partial charge is 0.198 e. The molecule has 0 fully saturated rings. The minimum Gasteiger partial charge on any atom is -0.490 e. The summed E-state index contributed by atoms with van der Waals surface area (Å²) in [5, 5.41) is 6.40. The number of halogens is 1. The van der Waals surface area contributed by atoms with Gasteiger partial charge in [0.25, 0.3) is 0 Å². The zero-order valence-corrected chi connectivity index (χ0v) is 11.0. The summed E-state index contributed by atoms with van der Waals surface area (Å²) in [6.45, 7) is 2.55. The molecule has 0 aliphatic carbocycles. The molecule has 0 aromatic carbocycles. The van der Waals surface area contributed by atoms with Gasteiger partial charge in [0.05, 0.1) is 13.7 Å². The van der Waals surface area contributed by atoms with Gasteiger partial charge in [0.1, 0.15) is 11.3 Å². The maximum Gasteiger partial charge on any atom is 0.198 e. The molecule has 1 N–H and O–H groups in total. The highest BCUT2D eigenvalue weighted by Crippen LogP contribution is 2.28. The molecule has 0 unspecified atom stereocenters. The van der Waals surface area contributed by atoms with Crippen LogP contribution in [0.3, 0.4) is 0 Å². The Morgan fingerprint density at radius 2 is 2.29 bits per heavy atom. The SMILES string of the molecule is COc1c(Cl)ncnc1NCc1nc(C)cs1. The van der Waals surface area contributed by atoms with Gasteiger partial charge in [0.15, 0.2) is 16.7 Å². The van der Waals surface area contributed by atoms with Crippen LogP contribution >= 0.6 is 22.9 Å². The minimum absolute atomic E-state index is 0.292. The van der Waals surface area contributed by atoms with E-state index in [-0.39, 0.29) is 0 Å². The fourth-order valence-corrected chi connectivity index (χ4v) is 2.22. The van der Waals surface area contributed by atoms with Crippen LogP contribution in [0.1, 0.15) is 10.7 Å². The Kier molecular flexibility index (Phi) is 3.75. The predicted octanol–water partition coefficient (Wildman–Crippen LogP) is 2.52. The van der Waals surface area contributed by atoms with Crippen molar-refractivity contribution in [2.45, 2.75) is 13.5 Å². The standard InChI is InChI=1S/C10H11ClN4OS/c1-6-4-17-7(15-6)3-12-10-8(16-2)9(11)13-5-14-10/h4-5H,3H2,1-2H3,(H,12,13,14). The van der Waals surface area contributed by atoms with Crippen molar-refractivity contribution < 1.29 is 4.74 Å². The molecule has 0 saturated carbocycles. The van der Waals surface area contributed by atoms with Crippen molar-refractivity contribution in [3.05, 3.63) is 27.6 Å². The van der Waals surface area contributed by atoms with E-state index in [1.54, 1.807) is 11.3 Å². The monoisotopic (exact) mass is 270 g/mol. The van der Waals surface area contributed by atoms with Crippen LogP contribution < -0.4 is 10.1 Å². The van der Waals surface area contributed by atoms with Crippen molar-refractivity contribution in [2.75, 3.05) is 12.4 Å². The molecule has 7 heteroatoms. The molecule has 90 valence electrons. The first-order valence-electron chi connectivity index (χ1n) is 4.90. The molecule has 5 nitrogen and oxygen atoms in total. The fraction of sp³-hybridized carbons (Fsp3) is 0.300. The van der Waals surface area contributed by atoms with Crippen LogP contribution in [0.2, 0.25) is 5.15 Å². The molecular formula is C10H11ClN4OS. The summed E-state index contributed by atoms with van der Waals surface area (Å²) in [4.78, 5) is 12.3. The number of thiazole rings is 1. The Bertz CT molecular complexity index is 517. The number of aromatic nitrogens is 3. The molecule has 2 heterocycles. The second-order valence-electron chi connectivity index (χ2n) is 3.28. The molecule has 2 aromatic heterocycles. The number of ether oxygens (including phenoxy) is 1. The topological polar surface area (TPSA) is 59.9 Å². The third-order valence-corrected chi connectivity index (χ3v) is 3.27. The third-order valence-electron chi connectivity index (χ3n) is 2.04. The van der Waals surface area contributed by atoms with Gasteiger partial charge in [-0.3, -0.25) is 0 Å². The quantitative estimate of drug-likeness (QED) is 0.865. The molecule has 0 spiro atoms. The molecule has 0 bridgehead atoms. The van der Waals surface area contributed by atoms with E-state index in [4.69, 9.17) is 16.3 Å². The average Bonchev–Trinajstić information content (AvgIpc) is 2.72. The highest BCUT2D eigenvalue weighted by atomic mass is 35.5. The Labute approximate surface area is 108 Å². The van der Waals surface area contributed by atoms with E-state index >= 15 is 0 Å². The van der Waals surface area contributed by atoms with Crippen LogP contribution in [-0.4, -0.2) is 22.1 Å². The molecule has 2 aromatic rings. The normalized spacial score (nSPS) is 10.3. The van der Waals surface area contributed by atoms with Gasteiger partial charge in [-0.1, -0.05) is 11.6 Å². The summed E-state index contributed by atoms with van der Waals surface area (Å²) in [7, 11) is 1.53. The fourth-order valence-electron chi connectivity index (χ4n) is 1.30. The van der Waals surface area contributed by atoms with E-state index in [0.29, 0.717) is 23.3 Å². The van der Waals surface area contributed by atoms with Crippen LogP contribution in [0, 0.1) is 6.92 Å². The highest BCUT2D eigenvalue weighted by Gasteiger charge is 2.10. The van der Waals surface area contributed by atoms with E-state index in [9.17, 15) is 0 Å². The summed E-state index contributed by atoms with van der Waals surface area (Å²) in [5.41, 5.74) is 1.01. The van der Waals surface area contributed by atoms with Gasteiger partial charge < -0.3 is 10.1 Å². The molecule has 0 radical (unpaired) electrons. The average molecular weight is 271 g/mol. The molecule has 2 rings (SSSR count). The highest BCUT2D eigenvalue weighted by molar-refractivity contribution is 7.09. The Morgan fingerprint density at radius 3 is 2.94 bits per heavy atom. The van der Waals surface area contributed by atoms with Gasteiger partial charge in [0, 0.05) is 11.1 Å². The molecular weight excluding hydrogens is 260 g/mol. The molecule has 17 heavy (non-hydrogen) atoms. The molecule has 0 saturated heterocycles. The molecule has 0 atom stereocenters. The van der Waals surface area contributed by atoms with Crippen molar-refractivity contribution in [3.63, 3.8) is 0 Å². The number of nitrogens with zero attached hydrogens (tertiary/aromatic N) is 3. The lowest BCUT2D eigenvalue weighted by molar-refractivity contribution is 0.413. The zero-order chi connectivity index (χ0) is 12.3. The van der Waals surface area contributed by atoms with Gasteiger partial charge >= 0.3 is 0 Å². The largest absolute Gasteiger partial charge is 0.490 e. The molecule has 0 aliphatic heterocycles.